The Kier molecular flexibility index (Phi) is 5.39. The molecule has 130 valence electrons. The van der Waals surface area contributed by atoms with Crippen molar-refractivity contribution in [3.05, 3.63) is 48.4 Å². The zero-order valence-corrected chi connectivity index (χ0v) is 14.7. The molecule has 0 fully saturated rings. The first-order valence-corrected chi connectivity index (χ1v) is 8.60. The van der Waals surface area contributed by atoms with E-state index in [1.165, 1.54) is 11.8 Å². The van der Waals surface area contributed by atoms with E-state index in [0.29, 0.717) is 17.5 Å². The normalized spacial score (nSPS) is 10.6. The minimum Gasteiger partial charge on any atom is -0.497 e. The van der Waals surface area contributed by atoms with E-state index in [0.717, 1.165) is 17.1 Å². The van der Waals surface area contributed by atoms with E-state index in [4.69, 9.17) is 9.15 Å². The van der Waals surface area contributed by atoms with E-state index in [1.54, 1.807) is 31.4 Å². The zero-order valence-electron chi connectivity index (χ0n) is 13.9. The van der Waals surface area contributed by atoms with Crippen LogP contribution in [0.1, 0.15) is 5.76 Å². The zero-order chi connectivity index (χ0) is 17.6. The number of aromatic nitrogens is 3. The average Bonchev–Trinajstić information content (AvgIpc) is 3.31. The van der Waals surface area contributed by atoms with E-state index in [1.807, 2.05) is 30.3 Å². The number of furan rings is 1. The predicted octanol–water partition coefficient (Wildman–Crippen LogP) is 2.82. The Morgan fingerprint density at radius 1 is 1.32 bits per heavy atom. The molecule has 2 heterocycles. The Hall–Kier alpha value is -2.74. The van der Waals surface area contributed by atoms with Gasteiger partial charge in [0.25, 0.3) is 0 Å². The molecule has 1 N–H and O–H groups in total. The number of thioether (sulfide) groups is 1. The molecule has 2 aromatic heterocycles. The summed E-state index contributed by atoms with van der Waals surface area (Å²) in [5, 5.41) is 7.57. The van der Waals surface area contributed by atoms with Crippen LogP contribution in [0.15, 0.2) is 52.2 Å². The molecule has 3 aromatic rings. The minimum absolute atomic E-state index is 0.0165. The fraction of sp³-hybridized carbons (Fsp3) is 0.235. The molecule has 0 spiro atoms. The smallest absolute Gasteiger partial charge is 0.233 e. The topological polar surface area (TPSA) is 84.2 Å². The van der Waals surface area contributed by atoms with Crippen molar-refractivity contribution < 1.29 is 13.9 Å². The third-order valence-electron chi connectivity index (χ3n) is 3.55. The van der Waals surface area contributed by atoms with Crippen LogP contribution in [-0.4, -0.2) is 45.9 Å². The number of carbonyl (C=O) groups excluding carboxylic acids is 1. The second kappa shape index (κ2) is 7.89. The molecular weight excluding hydrogens is 340 g/mol. The second-order valence-electron chi connectivity index (χ2n) is 5.31. The largest absolute Gasteiger partial charge is 0.497 e. The van der Waals surface area contributed by atoms with Crippen molar-refractivity contribution in [1.29, 1.82) is 0 Å². The molecule has 0 unspecified atom stereocenters. The highest BCUT2D eigenvalue weighted by atomic mass is 32.2. The van der Waals surface area contributed by atoms with Crippen LogP contribution >= 0.6 is 11.8 Å². The number of methoxy groups -OCH3 is 1. The molecule has 0 aliphatic carbocycles. The SMILES string of the molecule is COc1ccc(-c2nc(SCC(=O)N(C)Cc3ccco3)n[nH]2)cc1. The lowest BCUT2D eigenvalue weighted by molar-refractivity contribution is -0.127. The van der Waals surface area contributed by atoms with Crippen molar-refractivity contribution in [3.8, 4) is 17.1 Å². The highest BCUT2D eigenvalue weighted by molar-refractivity contribution is 7.99. The number of nitrogens with one attached hydrogen (secondary N) is 1. The van der Waals surface area contributed by atoms with Crippen molar-refractivity contribution in [1.82, 2.24) is 20.1 Å². The van der Waals surface area contributed by atoms with Crippen LogP contribution in [0.25, 0.3) is 11.4 Å². The number of benzene rings is 1. The van der Waals surface area contributed by atoms with Gasteiger partial charge in [-0.2, -0.15) is 0 Å². The van der Waals surface area contributed by atoms with Crippen LogP contribution in [-0.2, 0) is 11.3 Å². The molecule has 0 bridgehead atoms. The number of aromatic amines is 1. The lowest BCUT2D eigenvalue weighted by Gasteiger charge is -2.14. The number of hydrogen-bond acceptors (Lipinski definition) is 6. The van der Waals surface area contributed by atoms with E-state index in [2.05, 4.69) is 15.2 Å². The van der Waals surface area contributed by atoms with Gasteiger partial charge in [0, 0.05) is 12.6 Å². The first kappa shape index (κ1) is 17.1. The predicted molar refractivity (Wildman–Crippen MR) is 94.3 cm³/mol. The first-order valence-electron chi connectivity index (χ1n) is 7.61. The molecule has 0 atom stereocenters. The molecule has 0 saturated heterocycles. The Morgan fingerprint density at radius 3 is 2.80 bits per heavy atom. The number of hydrogen-bond donors (Lipinski definition) is 1. The Balaban J connectivity index is 1.55. The summed E-state index contributed by atoms with van der Waals surface area (Å²) in [5.41, 5.74) is 0.904. The summed E-state index contributed by atoms with van der Waals surface area (Å²) in [5.74, 6) is 2.43. The molecule has 0 radical (unpaired) electrons. The van der Waals surface area contributed by atoms with Crippen LogP contribution in [0.2, 0.25) is 0 Å². The summed E-state index contributed by atoms with van der Waals surface area (Å²) in [7, 11) is 3.37. The molecule has 1 aromatic carbocycles. The maximum atomic E-state index is 12.2. The van der Waals surface area contributed by atoms with Gasteiger partial charge in [-0.25, -0.2) is 4.98 Å². The minimum atomic E-state index is -0.0165. The number of H-pyrrole nitrogens is 1. The second-order valence-corrected chi connectivity index (χ2v) is 6.26. The van der Waals surface area contributed by atoms with Gasteiger partial charge in [-0.1, -0.05) is 11.8 Å². The third kappa shape index (κ3) is 4.42. The number of rotatable bonds is 7. The van der Waals surface area contributed by atoms with Gasteiger partial charge in [-0.05, 0) is 36.4 Å². The van der Waals surface area contributed by atoms with Crippen LogP contribution in [0.4, 0.5) is 0 Å². The van der Waals surface area contributed by atoms with Crippen molar-refractivity contribution in [2.45, 2.75) is 11.7 Å². The van der Waals surface area contributed by atoms with Crippen LogP contribution in [0, 0.1) is 0 Å². The molecule has 1 amide bonds. The third-order valence-corrected chi connectivity index (χ3v) is 4.38. The van der Waals surface area contributed by atoms with Crippen LogP contribution in [0.3, 0.4) is 0 Å². The summed E-state index contributed by atoms with van der Waals surface area (Å²) in [6, 6.07) is 11.2. The van der Waals surface area contributed by atoms with E-state index in [-0.39, 0.29) is 11.7 Å². The monoisotopic (exact) mass is 358 g/mol. The fourth-order valence-electron chi connectivity index (χ4n) is 2.15. The van der Waals surface area contributed by atoms with Crippen molar-refractivity contribution >= 4 is 17.7 Å². The van der Waals surface area contributed by atoms with E-state index in [9.17, 15) is 4.79 Å². The molecule has 8 heteroatoms. The van der Waals surface area contributed by atoms with Crippen molar-refractivity contribution in [2.24, 2.45) is 0 Å². The van der Waals surface area contributed by atoms with Gasteiger partial charge in [0.1, 0.15) is 11.5 Å². The molecule has 3 rings (SSSR count). The van der Waals surface area contributed by atoms with Gasteiger partial charge in [-0.15, -0.1) is 5.10 Å². The van der Waals surface area contributed by atoms with Crippen molar-refractivity contribution in [3.63, 3.8) is 0 Å². The maximum Gasteiger partial charge on any atom is 0.233 e. The van der Waals surface area contributed by atoms with Gasteiger partial charge in [0.05, 0.1) is 25.7 Å². The summed E-state index contributed by atoms with van der Waals surface area (Å²) in [4.78, 5) is 18.2. The Bertz CT molecular complexity index is 815. The summed E-state index contributed by atoms with van der Waals surface area (Å²) in [6.07, 6.45) is 1.59. The summed E-state index contributed by atoms with van der Waals surface area (Å²) >= 11 is 1.29. The number of carbonyl (C=O) groups is 1. The van der Waals surface area contributed by atoms with Crippen molar-refractivity contribution in [2.75, 3.05) is 19.9 Å². The molecular formula is C17H18N4O3S. The van der Waals surface area contributed by atoms with Gasteiger partial charge in [0.15, 0.2) is 5.82 Å². The number of nitrogens with zero attached hydrogens (tertiary/aromatic N) is 3. The summed E-state index contributed by atoms with van der Waals surface area (Å²) in [6.45, 7) is 0.442. The fourth-order valence-corrected chi connectivity index (χ4v) is 2.89. The maximum absolute atomic E-state index is 12.2. The van der Waals surface area contributed by atoms with Crippen LogP contribution < -0.4 is 4.74 Å². The van der Waals surface area contributed by atoms with E-state index >= 15 is 0 Å². The van der Waals surface area contributed by atoms with Gasteiger partial charge < -0.3 is 14.1 Å². The highest BCUT2D eigenvalue weighted by Crippen LogP contribution is 2.22. The number of ether oxygens (including phenoxy) is 1. The van der Waals surface area contributed by atoms with Crippen LogP contribution in [0.5, 0.6) is 5.75 Å². The molecule has 25 heavy (non-hydrogen) atoms. The standard InChI is InChI=1S/C17H18N4O3S/c1-21(10-14-4-3-9-24-14)15(22)11-25-17-18-16(19-20-17)12-5-7-13(23-2)8-6-12/h3-9H,10-11H2,1-2H3,(H,18,19,20). The number of amides is 1. The van der Waals surface area contributed by atoms with Gasteiger partial charge >= 0.3 is 0 Å². The van der Waals surface area contributed by atoms with Gasteiger partial charge in [0.2, 0.25) is 11.1 Å². The quantitative estimate of drug-likeness (QED) is 0.654. The lowest BCUT2D eigenvalue weighted by Crippen LogP contribution is -2.27. The Labute approximate surface area is 149 Å². The molecule has 0 aliphatic heterocycles. The summed E-state index contributed by atoms with van der Waals surface area (Å²) < 4.78 is 10.4. The first-order chi connectivity index (χ1) is 12.2. The van der Waals surface area contributed by atoms with Gasteiger partial charge in [-0.3, -0.25) is 9.89 Å². The molecule has 7 nitrogen and oxygen atoms in total. The highest BCUT2D eigenvalue weighted by Gasteiger charge is 2.13. The molecule has 0 aliphatic rings. The van der Waals surface area contributed by atoms with E-state index < -0.39 is 0 Å². The lowest BCUT2D eigenvalue weighted by atomic mass is 10.2. The molecule has 0 saturated carbocycles. The Morgan fingerprint density at radius 2 is 2.12 bits per heavy atom. The average molecular weight is 358 g/mol.